The molecule has 0 radical (unpaired) electrons. The van der Waals surface area contributed by atoms with Gasteiger partial charge in [-0.05, 0) is 19.4 Å². The number of hydrogen-bond acceptors (Lipinski definition) is 2. The molecule has 1 rings (SSSR count). The zero-order valence-corrected chi connectivity index (χ0v) is 5.61. The number of rotatable bonds is 1. The first-order valence-electron chi connectivity index (χ1n) is 2.82. The molecule has 1 heterocycles. The molecular formula is C5H8ClNO2. The lowest BCUT2D eigenvalue weighted by atomic mass is 10.2. The van der Waals surface area contributed by atoms with E-state index in [9.17, 15) is 4.79 Å². The lowest BCUT2D eigenvalue weighted by Gasteiger charge is -2.13. The maximum atomic E-state index is 10.3. The van der Waals surface area contributed by atoms with E-state index in [0.717, 1.165) is 6.42 Å². The number of halogens is 1. The molecule has 4 heteroatoms. The Morgan fingerprint density at radius 2 is 2.44 bits per heavy atom. The molecule has 1 aliphatic rings. The Hall–Kier alpha value is -0.280. The quantitative estimate of drug-likeness (QED) is 0.419. The van der Waals surface area contributed by atoms with Crippen LogP contribution >= 0.6 is 11.6 Å². The highest BCUT2D eigenvalue weighted by Crippen LogP contribution is 2.23. The summed E-state index contributed by atoms with van der Waals surface area (Å²) >= 11 is 5.59. The molecule has 9 heavy (non-hydrogen) atoms. The standard InChI is InChI=1S/C5H8ClNO2/c6-5(4(8)9)2-1-3-7-5/h7H,1-3H2,(H,8,9)/t5-/m1/s1. The van der Waals surface area contributed by atoms with E-state index in [1.54, 1.807) is 0 Å². The van der Waals surface area contributed by atoms with Crippen LogP contribution in [0.4, 0.5) is 0 Å². The van der Waals surface area contributed by atoms with Crippen molar-refractivity contribution >= 4 is 17.6 Å². The molecule has 1 fully saturated rings. The molecule has 1 aliphatic heterocycles. The summed E-state index contributed by atoms with van der Waals surface area (Å²) in [5.41, 5.74) is 0. The number of alkyl halides is 1. The Balaban J connectivity index is 2.61. The first kappa shape index (κ1) is 6.83. The minimum absolute atomic E-state index is 0.518. The van der Waals surface area contributed by atoms with Gasteiger partial charge in [0.25, 0.3) is 0 Å². The monoisotopic (exact) mass is 149 g/mol. The Morgan fingerprint density at radius 3 is 2.67 bits per heavy atom. The summed E-state index contributed by atoms with van der Waals surface area (Å²) in [6.07, 6.45) is 1.36. The molecule has 0 aromatic heterocycles. The fourth-order valence-electron chi connectivity index (χ4n) is 0.889. The van der Waals surface area contributed by atoms with Gasteiger partial charge in [-0.25, -0.2) is 4.79 Å². The third-order valence-corrected chi connectivity index (χ3v) is 1.93. The van der Waals surface area contributed by atoms with Gasteiger partial charge in [0.2, 0.25) is 0 Å². The second-order valence-corrected chi connectivity index (χ2v) is 2.78. The largest absolute Gasteiger partial charge is 0.479 e. The van der Waals surface area contributed by atoms with Gasteiger partial charge in [0.15, 0.2) is 5.00 Å². The van der Waals surface area contributed by atoms with Crippen LogP contribution in [0.1, 0.15) is 12.8 Å². The van der Waals surface area contributed by atoms with E-state index in [2.05, 4.69) is 5.32 Å². The minimum Gasteiger partial charge on any atom is -0.479 e. The summed E-state index contributed by atoms with van der Waals surface area (Å²) in [6, 6.07) is 0. The van der Waals surface area contributed by atoms with E-state index in [1.165, 1.54) is 0 Å². The van der Waals surface area contributed by atoms with Crippen LogP contribution in [0.3, 0.4) is 0 Å². The molecule has 0 saturated carbocycles. The van der Waals surface area contributed by atoms with Gasteiger partial charge < -0.3 is 5.11 Å². The Labute approximate surface area is 58.0 Å². The number of hydrogen-bond donors (Lipinski definition) is 2. The van der Waals surface area contributed by atoms with Crippen LogP contribution in [-0.4, -0.2) is 22.6 Å². The van der Waals surface area contributed by atoms with Gasteiger partial charge in [0, 0.05) is 0 Å². The number of carboxylic acids is 1. The van der Waals surface area contributed by atoms with E-state index in [4.69, 9.17) is 16.7 Å². The van der Waals surface area contributed by atoms with Crippen molar-refractivity contribution in [2.45, 2.75) is 17.8 Å². The van der Waals surface area contributed by atoms with Crippen molar-refractivity contribution in [3.8, 4) is 0 Å². The van der Waals surface area contributed by atoms with Gasteiger partial charge in [-0.3, -0.25) is 5.32 Å². The molecule has 0 aromatic carbocycles. The van der Waals surface area contributed by atoms with Gasteiger partial charge in [0.05, 0.1) is 0 Å². The van der Waals surface area contributed by atoms with Crippen LogP contribution in [0.5, 0.6) is 0 Å². The Kier molecular flexibility index (Phi) is 1.64. The molecule has 0 spiro atoms. The molecule has 52 valence electrons. The van der Waals surface area contributed by atoms with Crippen molar-refractivity contribution in [1.82, 2.24) is 5.32 Å². The van der Waals surface area contributed by atoms with E-state index in [0.29, 0.717) is 13.0 Å². The highest BCUT2D eigenvalue weighted by atomic mass is 35.5. The molecule has 3 nitrogen and oxygen atoms in total. The van der Waals surface area contributed by atoms with Gasteiger partial charge in [-0.1, -0.05) is 11.6 Å². The van der Waals surface area contributed by atoms with Gasteiger partial charge in [0.1, 0.15) is 0 Å². The van der Waals surface area contributed by atoms with Crippen LogP contribution in [0.25, 0.3) is 0 Å². The first-order chi connectivity index (χ1) is 4.15. The normalized spacial score (nSPS) is 34.8. The molecule has 2 N–H and O–H groups in total. The van der Waals surface area contributed by atoms with Crippen molar-refractivity contribution in [3.05, 3.63) is 0 Å². The lowest BCUT2D eigenvalue weighted by Crippen LogP contribution is -2.41. The van der Waals surface area contributed by atoms with Crippen LogP contribution in [0, 0.1) is 0 Å². The molecule has 0 aromatic rings. The maximum absolute atomic E-state index is 10.3. The van der Waals surface area contributed by atoms with Crippen molar-refractivity contribution in [2.75, 3.05) is 6.54 Å². The topological polar surface area (TPSA) is 49.3 Å². The van der Waals surface area contributed by atoms with Gasteiger partial charge in [-0.15, -0.1) is 0 Å². The summed E-state index contributed by atoms with van der Waals surface area (Å²) in [6.45, 7) is 0.704. The second kappa shape index (κ2) is 2.15. The summed E-state index contributed by atoms with van der Waals surface area (Å²) in [5.74, 6) is -0.971. The van der Waals surface area contributed by atoms with Crippen molar-refractivity contribution in [2.24, 2.45) is 0 Å². The smallest absolute Gasteiger partial charge is 0.339 e. The Morgan fingerprint density at radius 1 is 1.78 bits per heavy atom. The van der Waals surface area contributed by atoms with E-state index in [1.807, 2.05) is 0 Å². The van der Waals surface area contributed by atoms with E-state index in [-0.39, 0.29) is 0 Å². The molecule has 0 unspecified atom stereocenters. The van der Waals surface area contributed by atoms with Crippen LogP contribution in [-0.2, 0) is 4.79 Å². The summed E-state index contributed by atoms with van der Waals surface area (Å²) in [4.78, 5) is 9.16. The Bertz CT molecular complexity index is 131. The van der Waals surface area contributed by atoms with Gasteiger partial charge >= 0.3 is 5.97 Å². The lowest BCUT2D eigenvalue weighted by molar-refractivity contribution is -0.140. The second-order valence-electron chi connectivity index (χ2n) is 2.14. The van der Waals surface area contributed by atoms with Gasteiger partial charge in [-0.2, -0.15) is 0 Å². The molecule has 1 atom stereocenters. The third-order valence-electron chi connectivity index (χ3n) is 1.44. The number of aliphatic carboxylic acids is 1. The molecule has 0 amide bonds. The molecular weight excluding hydrogens is 142 g/mol. The minimum atomic E-state index is -1.17. The van der Waals surface area contributed by atoms with Crippen LogP contribution in [0.2, 0.25) is 0 Å². The molecule has 0 bridgehead atoms. The average molecular weight is 150 g/mol. The number of nitrogens with one attached hydrogen (secondary N) is 1. The third kappa shape index (κ3) is 1.17. The predicted octanol–water partition coefficient (Wildman–Crippen LogP) is 0.390. The highest BCUT2D eigenvalue weighted by molar-refractivity contribution is 6.33. The van der Waals surface area contributed by atoms with Crippen molar-refractivity contribution in [1.29, 1.82) is 0 Å². The SMILES string of the molecule is O=C(O)[C@@]1(Cl)CCCN1. The fourth-order valence-corrected chi connectivity index (χ4v) is 1.12. The summed E-state index contributed by atoms with van der Waals surface area (Å²) in [7, 11) is 0. The molecule has 0 aliphatic carbocycles. The van der Waals surface area contributed by atoms with E-state index < -0.39 is 11.0 Å². The fraction of sp³-hybridized carbons (Fsp3) is 0.800. The first-order valence-corrected chi connectivity index (χ1v) is 3.20. The van der Waals surface area contributed by atoms with Crippen LogP contribution in [0.15, 0.2) is 0 Å². The highest BCUT2D eigenvalue weighted by Gasteiger charge is 2.38. The van der Waals surface area contributed by atoms with E-state index >= 15 is 0 Å². The number of carboxylic acid groups (broad SMARTS) is 1. The van der Waals surface area contributed by atoms with Crippen molar-refractivity contribution < 1.29 is 9.90 Å². The summed E-state index contributed by atoms with van der Waals surface area (Å²) in [5, 5.41) is 11.2. The zero-order chi connectivity index (χ0) is 6.91. The van der Waals surface area contributed by atoms with Crippen molar-refractivity contribution in [3.63, 3.8) is 0 Å². The zero-order valence-electron chi connectivity index (χ0n) is 4.85. The summed E-state index contributed by atoms with van der Waals surface area (Å²) < 4.78 is 0. The maximum Gasteiger partial charge on any atom is 0.339 e. The van der Waals surface area contributed by atoms with Crippen LogP contribution < -0.4 is 5.32 Å². The predicted molar refractivity (Wildman–Crippen MR) is 33.5 cm³/mol. The average Bonchev–Trinajstić information content (AvgIpc) is 2.16. The molecule has 1 saturated heterocycles. The number of carbonyl (C=O) groups is 1.